The summed E-state index contributed by atoms with van der Waals surface area (Å²) < 4.78 is 5.13. The fourth-order valence-corrected chi connectivity index (χ4v) is 4.53. The maximum Gasteiger partial charge on any atom is 0.409 e. The van der Waals surface area contributed by atoms with Crippen molar-refractivity contribution >= 4 is 29.2 Å². The van der Waals surface area contributed by atoms with Crippen molar-refractivity contribution in [3.05, 3.63) is 17.3 Å². The highest BCUT2D eigenvalue weighted by molar-refractivity contribution is 6.33. The van der Waals surface area contributed by atoms with Crippen molar-refractivity contribution in [2.24, 2.45) is 5.84 Å². The van der Waals surface area contributed by atoms with Gasteiger partial charge in [0.15, 0.2) is 0 Å². The number of aromatic nitrogens is 1. The van der Waals surface area contributed by atoms with Gasteiger partial charge in [-0.05, 0) is 32.3 Å². The first-order valence-corrected chi connectivity index (χ1v) is 10.5. The summed E-state index contributed by atoms with van der Waals surface area (Å²) in [5.74, 6) is 6.25. The minimum absolute atomic E-state index is 0.186. The largest absolute Gasteiger partial charge is 0.450 e. The number of nitrogens with two attached hydrogens (primary N) is 1. The van der Waals surface area contributed by atoms with Crippen molar-refractivity contribution in [1.82, 2.24) is 14.8 Å². The number of hydrogen-bond acceptors (Lipinski definition) is 7. The van der Waals surface area contributed by atoms with Crippen molar-refractivity contribution in [3.63, 3.8) is 0 Å². The quantitative estimate of drug-likeness (QED) is 0.569. The van der Waals surface area contributed by atoms with Crippen LogP contribution in [-0.2, 0) is 4.74 Å². The second-order valence-corrected chi connectivity index (χ2v) is 7.74. The molecule has 0 radical (unpaired) electrons. The number of piperazine rings is 1. The van der Waals surface area contributed by atoms with Gasteiger partial charge in [0, 0.05) is 44.8 Å². The molecule has 2 saturated heterocycles. The number of carbonyl (C=O) groups is 1. The molecule has 0 aromatic carbocycles. The Morgan fingerprint density at radius 1 is 1.32 bits per heavy atom. The molecule has 3 rings (SSSR count). The fourth-order valence-electron chi connectivity index (χ4n) is 4.24. The van der Waals surface area contributed by atoms with Gasteiger partial charge in [0.1, 0.15) is 5.82 Å². The maximum absolute atomic E-state index is 11.9. The molecule has 0 bridgehead atoms. The number of nitrogen functional groups attached to an aromatic ring is 1. The average Bonchev–Trinajstić information content (AvgIpc) is 2.73. The molecule has 1 atom stereocenters. The van der Waals surface area contributed by atoms with Gasteiger partial charge in [0.25, 0.3) is 0 Å². The lowest BCUT2D eigenvalue weighted by Gasteiger charge is -2.47. The van der Waals surface area contributed by atoms with Crippen LogP contribution in [0.4, 0.5) is 16.3 Å². The third-order valence-electron chi connectivity index (χ3n) is 5.75. The monoisotopic (exact) mass is 410 g/mol. The van der Waals surface area contributed by atoms with Gasteiger partial charge in [0.05, 0.1) is 23.5 Å². The number of nitrogens with zero attached hydrogens (tertiary/aromatic N) is 4. The van der Waals surface area contributed by atoms with Crippen LogP contribution in [0.15, 0.2) is 12.3 Å². The number of ether oxygens (including phenoxy) is 1. The van der Waals surface area contributed by atoms with Crippen molar-refractivity contribution in [3.8, 4) is 0 Å². The summed E-state index contributed by atoms with van der Waals surface area (Å²) in [6.07, 6.45) is 4.57. The molecule has 1 amide bonds. The maximum atomic E-state index is 11.9. The Bertz CT molecular complexity index is 668. The van der Waals surface area contributed by atoms with Gasteiger partial charge in [-0.25, -0.2) is 9.78 Å². The molecule has 156 valence electrons. The fraction of sp³-hybridized carbons (Fsp3) is 0.684. The minimum atomic E-state index is -0.186. The number of hydrazine groups is 1. The molecular formula is C19H31ClN6O2. The molecule has 0 spiro atoms. The Labute approximate surface area is 171 Å². The van der Waals surface area contributed by atoms with Gasteiger partial charge in [0.2, 0.25) is 0 Å². The van der Waals surface area contributed by atoms with Crippen LogP contribution in [0.1, 0.15) is 33.1 Å². The number of pyridine rings is 1. The van der Waals surface area contributed by atoms with Gasteiger partial charge in [-0.1, -0.05) is 18.5 Å². The van der Waals surface area contributed by atoms with Crippen molar-refractivity contribution in [1.29, 1.82) is 0 Å². The Balaban J connectivity index is 1.60. The normalized spacial score (nSPS) is 21.6. The molecule has 1 unspecified atom stereocenters. The van der Waals surface area contributed by atoms with E-state index >= 15 is 0 Å². The molecule has 0 saturated carbocycles. The van der Waals surface area contributed by atoms with E-state index < -0.39 is 0 Å². The van der Waals surface area contributed by atoms with Gasteiger partial charge < -0.3 is 20.0 Å². The van der Waals surface area contributed by atoms with E-state index in [4.69, 9.17) is 22.2 Å². The average molecular weight is 411 g/mol. The summed E-state index contributed by atoms with van der Waals surface area (Å²) >= 11 is 6.43. The van der Waals surface area contributed by atoms with Crippen LogP contribution in [0.2, 0.25) is 5.02 Å². The lowest BCUT2D eigenvalue weighted by atomic mass is 9.98. The smallest absolute Gasteiger partial charge is 0.409 e. The third-order valence-corrected chi connectivity index (χ3v) is 6.03. The highest BCUT2D eigenvalue weighted by Gasteiger charge is 2.34. The van der Waals surface area contributed by atoms with E-state index in [1.54, 1.807) is 6.20 Å². The van der Waals surface area contributed by atoms with E-state index in [0.29, 0.717) is 29.4 Å². The molecule has 3 heterocycles. The lowest BCUT2D eigenvalue weighted by Crippen LogP contribution is -2.58. The Morgan fingerprint density at radius 2 is 2.07 bits per heavy atom. The molecule has 3 N–H and O–H groups in total. The first kappa shape index (κ1) is 21.0. The predicted octanol–water partition coefficient (Wildman–Crippen LogP) is 2.54. The second kappa shape index (κ2) is 9.62. The van der Waals surface area contributed by atoms with Crippen molar-refractivity contribution in [2.75, 3.05) is 49.7 Å². The van der Waals surface area contributed by atoms with Gasteiger partial charge >= 0.3 is 6.09 Å². The molecule has 0 aliphatic carbocycles. The van der Waals surface area contributed by atoms with Crippen LogP contribution in [-0.4, -0.2) is 72.3 Å². The van der Waals surface area contributed by atoms with Gasteiger partial charge in [-0.2, -0.15) is 0 Å². The Kier molecular flexibility index (Phi) is 7.20. The van der Waals surface area contributed by atoms with Crippen LogP contribution < -0.4 is 16.2 Å². The van der Waals surface area contributed by atoms with E-state index in [9.17, 15) is 4.79 Å². The summed E-state index contributed by atoms with van der Waals surface area (Å²) in [6, 6.07) is 2.76. The number of rotatable bonds is 5. The van der Waals surface area contributed by atoms with Crippen LogP contribution in [0.25, 0.3) is 0 Å². The van der Waals surface area contributed by atoms with Crippen LogP contribution in [0.3, 0.4) is 0 Å². The molecule has 2 aliphatic heterocycles. The SMILES string of the molecule is CCOC(=O)N1CCC(N2CCN(c3ncc(NN)cc3Cl)CC2CC)CC1. The number of hydrogen-bond donors (Lipinski definition) is 2. The first-order valence-electron chi connectivity index (χ1n) is 10.1. The molecule has 9 heteroatoms. The van der Waals surface area contributed by atoms with E-state index in [-0.39, 0.29) is 6.09 Å². The molecular weight excluding hydrogens is 380 g/mol. The zero-order valence-electron chi connectivity index (χ0n) is 16.7. The number of likely N-dealkylation sites (tertiary alicyclic amines) is 1. The van der Waals surface area contributed by atoms with Gasteiger partial charge in [-0.15, -0.1) is 0 Å². The summed E-state index contributed by atoms with van der Waals surface area (Å²) in [5, 5.41) is 0.612. The van der Waals surface area contributed by atoms with Crippen molar-refractivity contribution < 1.29 is 9.53 Å². The minimum Gasteiger partial charge on any atom is -0.450 e. The molecule has 1 aromatic rings. The molecule has 2 fully saturated rings. The number of nitrogens with one attached hydrogen (secondary N) is 1. The Morgan fingerprint density at radius 3 is 2.68 bits per heavy atom. The number of carbonyl (C=O) groups excluding carboxylic acids is 1. The highest BCUT2D eigenvalue weighted by atomic mass is 35.5. The van der Waals surface area contributed by atoms with E-state index in [1.165, 1.54) is 0 Å². The first-order chi connectivity index (χ1) is 13.6. The zero-order valence-corrected chi connectivity index (χ0v) is 17.5. The predicted molar refractivity (Wildman–Crippen MR) is 112 cm³/mol. The third kappa shape index (κ3) is 4.61. The van der Waals surface area contributed by atoms with Crippen LogP contribution in [0, 0.1) is 0 Å². The summed E-state index contributed by atoms with van der Waals surface area (Å²) in [6.45, 7) is 8.78. The number of halogens is 1. The number of amides is 1. The second-order valence-electron chi connectivity index (χ2n) is 7.34. The van der Waals surface area contributed by atoms with E-state index in [1.807, 2.05) is 17.9 Å². The number of anilines is 2. The Hall–Kier alpha value is -1.77. The summed E-state index contributed by atoms with van der Waals surface area (Å²) in [7, 11) is 0. The lowest BCUT2D eigenvalue weighted by molar-refractivity contribution is 0.0522. The van der Waals surface area contributed by atoms with Crippen molar-refractivity contribution in [2.45, 2.75) is 45.2 Å². The van der Waals surface area contributed by atoms with Crippen LogP contribution in [0.5, 0.6) is 0 Å². The van der Waals surface area contributed by atoms with Gasteiger partial charge in [-0.3, -0.25) is 10.7 Å². The van der Waals surface area contributed by atoms with Crippen LogP contribution >= 0.6 is 11.6 Å². The zero-order chi connectivity index (χ0) is 20.1. The molecule has 8 nitrogen and oxygen atoms in total. The number of piperidine rings is 1. The topological polar surface area (TPSA) is 87.0 Å². The highest BCUT2D eigenvalue weighted by Crippen LogP contribution is 2.30. The van der Waals surface area contributed by atoms with E-state index in [2.05, 4.69) is 27.1 Å². The summed E-state index contributed by atoms with van der Waals surface area (Å²) in [5.41, 5.74) is 3.28. The molecule has 2 aliphatic rings. The molecule has 28 heavy (non-hydrogen) atoms. The van der Waals surface area contributed by atoms with E-state index in [0.717, 1.165) is 57.8 Å². The standard InChI is InChI=1S/C19H31ClN6O2/c1-3-15-13-25(18-17(20)11-14(23-21)12-22-18)9-10-26(15)16-5-7-24(8-6-16)19(27)28-4-2/h11-12,15-16,23H,3-10,13,21H2,1-2H3. The summed E-state index contributed by atoms with van der Waals surface area (Å²) in [4.78, 5) is 23.1. The molecule has 1 aromatic heterocycles.